The molecule has 1 aromatic carbocycles. The Balaban J connectivity index is 1.94. The van der Waals surface area contributed by atoms with Crippen LogP contribution >= 0.6 is 24.0 Å². The van der Waals surface area contributed by atoms with Gasteiger partial charge in [-0.05, 0) is 56.4 Å². The summed E-state index contributed by atoms with van der Waals surface area (Å²) in [5.41, 5.74) is 0.846. The minimum atomic E-state index is -0.794. The number of ether oxygens (including phenoxy) is 2. The molecule has 34 heavy (non-hydrogen) atoms. The van der Waals surface area contributed by atoms with E-state index in [1.54, 1.807) is 12.0 Å². The fraction of sp³-hybridized carbons (Fsp3) is 0.577. The molecule has 1 saturated heterocycles. The highest BCUT2D eigenvalue weighted by atomic mass is 32.2. The van der Waals surface area contributed by atoms with Crippen molar-refractivity contribution in [1.29, 1.82) is 0 Å². The molecule has 1 aliphatic heterocycles. The quantitative estimate of drug-likeness (QED) is 0.152. The number of carbonyl (C=O) groups is 2. The monoisotopic (exact) mass is 507 g/mol. The van der Waals surface area contributed by atoms with Crippen LogP contribution in [0.15, 0.2) is 23.1 Å². The zero-order valence-electron chi connectivity index (χ0n) is 20.5. The molecule has 1 aliphatic rings. The number of thiocarbonyl (C=S) groups is 1. The van der Waals surface area contributed by atoms with Gasteiger partial charge < -0.3 is 14.6 Å². The molecule has 1 atom stereocenters. The summed E-state index contributed by atoms with van der Waals surface area (Å²) >= 11 is 6.68. The maximum Gasteiger partial charge on any atom is 0.303 e. The fourth-order valence-electron chi connectivity index (χ4n) is 3.75. The van der Waals surface area contributed by atoms with E-state index < -0.39 is 5.97 Å². The normalized spacial score (nSPS) is 15.7. The molecule has 1 unspecified atom stereocenters. The van der Waals surface area contributed by atoms with E-state index in [0.29, 0.717) is 33.7 Å². The van der Waals surface area contributed by atoms with Crippen LogP contribution < -0.4 is 9.47 Å². The lowest BCUT2D eigenvalue weighted by Gasteiger charge is -2.17. The van der Waals surface area contributed by atoms with E-state index in [4.69, 9.17) is 26.8 Å². The number of carboxylic acids is 1. The van der Waals surface area contributed by atoms with Crippen LogP contribution in [-0.2, 0) is 9.59 Å². The predicted octanol–water partition coefficient (Wildman–Crippen LogP) is 6.67. The number of methoxy groups -OCH3 is 1. The first-order valence-electron chi connectivity index (χ1n) is 12.2. The molecular formula is C26H37NO5S2. The van der Waals surface area contributed by atoms with Crippen LogP contribution in [0.3, 0.4) is 0 Å². The first-order chi connectivity index (χ1) is 16.3. The van der Waals surface area contributed by atoms with Crippen molar-refractivity contribution in [3.05, 3.63) is 28.7 Å². The van der Waals surface area contributed by atoms with E-state index in [1.807, 2.05) is 24.3 Å². The van der Waals surface area contributed by atoms with Crippen molar-refractivity contribution in [2.75, 3.05) is 13.7 Å². The largest absolute Gasteiger partial charge is 0.493 e. The van der Waals surface area contributed by atoms with Crippen LogP contribution in [-0.4, -0.2) is 46.0 Å². The molecular weight excluding hydrogens is 470 g/mol. The second-order valence-corrected chi connectivity index (χ2v) is 10.3. The van der Waals surface area contributed by atoms with Gasteiger partial charge in [-0.3, -0.25) is 14.5 Å². The lowest BCUT2D eigenvalue weighted by atomic mass is 10.1. The highest BCUT2D eigenvalue weighted by Crippen LogP contribution is 2.35. The highest BCUT2D eigenvalue weighted by Gasteiger charge is 2.31. The van der Waals surface area contributed by atoms with Gasteiger partial charge in [0.1, 0.15) is 4.32 Å². The number of hydrogen-bond acceptors (Lipinski definition) is 6. The number of nitrogens with zero attached hydrogens (tertiary/aromatic N) is 1. The minimum Gasteiger partial charge on any atom is -0.493 e. The Bertz CT molecular complexity index is 871. The van der Waals surface area contributed by atoms with Crippen LogP contribution in [0.2, 0.25) is 0 Å². The Hall–Kier alpha value is -2.06. The molecule has 188 valence electrons. The number of benzene rings is 1. The molecule has 8 heteroatoms. The van der Waals surface area contributed by atoms with Gasteiger partial charge in [0.05, 0.1) is 18.1 Å². The first kappa shape index (κ1) is 28.2. The van der Waals surface area contributed by atoms with Gasteiger partial charge in [0.15, 0.2) is 11.5 Å². The van der Waals surface area contributed by atoms with Crippen molar-refractivity contribution in [3.8, 4) is 11.5 Å². The second kappa shape index (κ2) is 15.0. The first-order valence-corrected chi connectivity index (χ1v) is 13.4. The third kappa shape index (κ3) is 9.29. The number of carbonyl (C=O) groups excluding carboxylic acids is 1. The number of rotatable bonds is 16. The van der Waals surface area contributed by atoms with Crippen molar-refractivity contribution < 1.29 is 24.2 Å². The summed E-state index contributed by atoms with van der Waals surface area (Å²) in [4.78, 5) is 25.6. The molecule has 0 saturated carbocycles. The molecule has 0 spiro atoms. The molecule has 1 aromatic rings. The standard InChI is InChI=1S/C26H37NO5S2/c1-4-5-6-7-9-12-19(2)32-21-15-14-20(17-22(21)31-3)18-23-25(30)27(26(33)34-23)16-11-8-10-13-24(28)29/h14-15,17-19H,4-13,16H2,1-3H3,(H,28,29). The summed E-state index contributed by atoms with van der Waals surface area (Å²) in [5.74, 6) is 0.441. The summed E-state index contributed by atoms with van der Waals surface area (Å²) < 4.78 is 12.2. The lowest BCUT2D eigenvalue weighted by Crippen LogP contribution is -2.29. The summed E-state index contributed by atoms with van der Waals surface area (Å²) in [6.07, 6.45) is 11.4. The number of carboxylic acid groups (broad SMARTS) is 1. The SMILES string of the molecule is CCCCCCCC(C)Oc1ccc(C=C2SC(=S)N(CCCCCC(=O)O)C2=O)cc1OC. The summed E-state index contributed by atoms with van der Waals surface area (Å²) in [5, 5.41) is 8.73. The van der Waals surface area contributed by atoms with Gasteiger partial charge in [-0.15, -0.1) is 0 Å². The Morgan fingerprint density at radius 3 is 2.59 bits per heavy atom. The van der Waals surface area contributed by atoms with Crippen molar-refractivity contribution in [1.82, 2.24) is 4.90 Å². The molecule has 2 rings (SSSR count). The van der Waals surface area contributed by atoms with Gasteiger partial charge in [-0.1, -0.05) is 69.1 Å². The highest BCUT2D eigenvalue weighted by molar-refractivity contribution is 8.26. The molecule has 1 fully saturated rings. The Labute approximate surface area is 213 Å². The second-order valence-electron chi connectivity index (χ2n) is 8.58. The molecule has 1 heterocycles. The van der Waals surface area contributed by atoms with Crippen LogP contribution in [0.25, 0.3) is 6.08 Å². The molecule has 0 aromatic heterocycles. The molecule has 0 bridgehead atoms. The molecule has 1 amide bonds. The summed E-state index contributed by atoms with van der Waals surface area (Å²) in [6.45, 7) is 4.81. The maximum atomic E-state index is 12.8. The van der Waals surface area contributed by atoms with Crippen molar-refractivity contribution in [3.63, 3.8) is 0 Å². The zero-order chi connectivity index (χ0) is 24.9. The molecule has 0 radical (unpaired) electrons. The summed E-state index contributed by atoms with van der Waals surface area (Å²) in [7, 11) is 1.62. The topological polar surface area (TPSA) is 76.1 Å². The smallest absolute Gasteiger partial charge is 0.303 e. The summed E-state index contributed by atoms with van der Waals surface area (Å²) in [6, 6.07) is 5.69. The van der Waals surface area contributed by atoms with E-state index in [-0.39, 0.29) is 18.4 Å². The maximum absolute atomic E-state index is 12.8. The van der Waals surface area contributed by atoms with Crippen molar-refractivity contribution in [2.45, 2.75) is 84.2 Å². The van der Waals surface area contributed by atoms with Gasteiger partial charge in [-0.25, -0.2) is 0 Å². The van der Waals surface area contributed by atoms with Crippen LogP contribution in [0.1, 0.15) is 83.6 Å². The number of aliphatic carboxylic acids is 1. The van der Waals surface area contributed by atoms with E-state index in [0.717, 1.165) is 31.2 Å². The third-order valence-electron chi connectivity index (χ3n) is 5.67. The number of unbranched alkanes of at least 4 members (excludes halogenated alkanes) is 6. The predicted molar refractivity (Wildman–Crippen MR) is 142 cm³/mol. The van der Waals surface area contributed by atoms with Crippen LogP contribution in [0, 0.1) is 0 Å². The number of amides is 1. The van der Waals surface area contributed by atoms with Gasteiger partial charge in [0.2, 0.25) is 0 Å². The fourth-order valence-corrected chi connectivity index (χ4v) is 5.06. The van der Waals surface area contributed by atoms with E-state index in [2.05, 4.69) is 13.8 Å². The Kier molecular flexibility index (Phi) is 12.5. The van der Waals surface area contributed by atoms with Gasteiger partial charge in [0.25, 0.3) is 5.91 Å². The molecule has 0 aliphatic carbocycles. The van der Waals surface area contributed by atoms with Gasteiger partial charge in [-0.2, -0.15) is 0 Å². The average molecular weight is 508 g/mol. The van der Waals surface area contributed by atoms with Gasteiger partial charge in [0, 0.05) is 13.0 Å². The van der Waals surface area contributed by atoms with Crippen LogP contribution in [0.4, 0.5) is 0 Å². The van der Waals surface area contributed by atoms with E-state index >= 15 is 0 Å². The zero-order valence-corrected chi connectivity index (χ0v) is 22.1. The number of hydrogen-bond donors (Lipinski definition) is 1. The molecule has 6 nitrogen and oxygen atoms in total. The Morgan fingerprint density at radius 1 is 1.15 bits per heavy atom. The number of thioether (sulfide) groups is 1. The van der Waals surface area contributed by atoms with Crippen molar-refractivity contribution >= 4 is 46.3 Å². The van der Waals surface area contributed by atoms with E-state index in [9.17, 15) is 9.59 Å². The van der Waals surface area contributed by atoms with Crippen molar-refractivity contribution in [2.24, 2.45) is 0 Å². The van der Waals surface area contributed by atoms with Gasteiger partial charge >= 0.3 is 5.97 Å². The third-order valence-corrected chi connectivity index (χ3v) is 7.05. The molecule has 1 N–H and O–H groups in total. The van der Waals surface area contributed by atoms with Crippen LogP contribution in [0.5, 0.6) is 11.5 Å². The Morgan fingerprint density at radius 2 is 1.88 bits per heavy atom. The minimum absolute atomic E-state index is 0.105. The average Bonchev–Trinajstić information content (AvgIpc) is 3.06. The van der Waals surface area contributed by atoms with E-state index in [1.165, 1.54) is 37.4 Å². The lowest BCUT2D eigenvalue weighted by molar-refractivity contribution is -0.137.